The molecule has 1 amide bonds. The van der Waals surface area contributed by atoms with Gasteiger partial charge in [0.05, 0.1) is 5.39 Å². The second-order valence-corrected chi connectivity index (χ2v) is 10.5. The minimum Gasteiger partial charge on any atom is -0.462 e. The lowest BCUT2D eigenvalue weighted by Crippen LogP contribution is -2.48. The monoisotopic (exact) mass is 550 g/mol. The van der Waals surface area contributed by atoms with E-state index in [9.17, 15) is 4.79 Å². The van der Waals surface area contributed by atoms with Gasteiger partial charge < -0.3 is 19.4 Å². The third-order valence-corrected chi connectivity index (χ3v) is 8.10. The molecule has 2 saturated heterocycles. The molecule has 9 heteroatoms. The Labute approximate surface area is 238 Å². The molecule has 41 heavy (non-hydrogen) atoms. The Balaban J connectivity index is 1.45. The Morgan fingerprint density at radius 1 is 1.17 bits per heavy atom. The van der Waals surface area contributed by atoms with Gasteiger partial charge in [-0.1, -0.05) is 42.8 Å². The first-order valence-corrected chi connectivity index (χ1v) is 13.8. The second kappa shape index (κ2) is 11.1. The Bertz CT molecular complexity index is 1690. The number of benzene rings is 2. The zero-order valence-electron chi connectivity index (χ0n) is 23.0. The number of hydrogen-bond acceptors (Lipinski definition) is 7. The van der Waals surface area contributed by atoms with Crippen LogP contribution in [-0.2, 0) is 4.79 Å². The number of hydrogen-bond donors (Lipinski definition) is 0. The number of fused-ring (bicyclic) bond motifs is 2. The Kier molecular flexibility index (Phi) is 7.25. The molecule has 2 aliphatic heterocycles. The van der Waals surface area contributed by atoms with Crippen LogP contribution in [0, 0.1) is 18.2 Å². The van der Waals surface area contributed by atoms with Crippen LogP contribution in [0.15, 0.2) is 55.3 Å². The minimum atomic E-state index is -0.561. The molecule has 0 spiro atoms. The molecule has 208 valence electrons. The number of aromatic nitrogens is 3. The lowest BCUT2D eigenvalue weighted by molar-refractivity contribution is -0.126. The van der Waals surface area contributed by atoms with Gasteiger partial charge in [0, 0.05) is 54.9 Å². The normalized spacial score (nSPS) is 17.6. The standard InChI is InChI=1S/C32H31FN6O2/c1-4-21-9-6-10-22-11-7-13-24(27(21)22)29-28(33)30-25(19-34-29)31(39-17-15-38(16-18-39)26(40)5-2)36-32(35-30)41-20-23-12-8-14-37(23)3/h1,5-7,9-11,13,19,23H,2,8,12,14-18,20H2,3H3/t23-/m0/s1. The van der Waals surface area contributed by atoms with E-state index in [1.165, 1.54) is 6.08 Å². The highest BCUT2D eigenvalue weighted by Crippen LogP contribution is 2.36. The molecule has 2 aromatic heterocycles. The highest BCUT2D eigenvalue weighted by molar-refractivity contribution is 6.02. The number of carbonyl (C=O) groups is 1. The number of terminal acetylenes is 1. The maximum absolute atomic E-state index is 16.5. The summed E-state index contributed by atoms with van der Waals surface area (Å²) in [4.78, 5) is 32.1. The molecule has 0 saturated carbocycles. The van der Waals surface area contributed by atoms with E-state index < -0.39 is 5.82 Å². The molecule has 0 radical (unpaired) electrons. The van der Waals surface area contributed by atoms with E-state index in [0.29, 0.717) is 55.1 Å². The molecule has 6 rings (SSSR count). The first kappa shape index (κ1) is 26.7. The lowest BCUT2D eigenvalue weighted by atomic mass is 9.97. The summed E-state index contributed by atoms with van der Waals surface area (Å²) in [5.74, 6) is 2.59. The average Bonchev–Trinajstić information content (AvgIpc) is 3.43. The molecule has 2 aromatic carbocycles. The van der Waals surface area contributed by atoms with E-state index in [1.54, 1.807) is 11.1 Å². The topological polar surface area (TPSA) is 74.7 Å². The number of pyridine rings is 1. The molecule has 2 fully saturated rings. The predicted octanol–water partition coefficient (Wildman–Crippen LogP) is 4.27. The van der Waals surface area contributed by atoms with Crippen molar-refractivity contribution in [3.05, 3.63) is 66.6 Å². The molecule has 2 aliphatic rings. The van der Waals surface area contributed by atoms with Crippen LogP contribution in [-0.4, -0.2) is 83.1 Å². The van der Waals surface area contributed by atoms with E-state index in [1.807, 2.05) is 41.3 Å². The molecular weight excluding hydrogens is 519 g/mol. The molecule has 4 aromatic rings. The molecule has 0 bridgehead atoms. The Morgan fingerprint density at radius 3 is 2.66 bits per heavy atom. The Morgan fingerprint density at radius 2 is 1.95 bits per heavy atom. The van der Waals surface area contributed by atoms with Crippen LogP contribution in [0.25, 0.3) is 32.9 Å². The summed E-state index contributed by atoms with van der Waals surface area (Å²) in [5, 5.41) is 2.15. The van der Waals surface area contributed by atoms with Crippen LogP contribution in [0.5, 0.6) is 6.01 Å². The quantitative estimate of drug-likeness (QED) is 0.262. The first-order valence-electron chi connectivity index (χ1n) is 13.8. The third-order valence-electron chi connectivity index (χ3n) is 8.10. The van der Waals surface area contributed by atoms with Crippen molar-refractivity contribution in [1.82, 2.24) is 24.8 Å². The number of nitrogens with zero attached hydrogens (tertiary/aromatic N) is 6. The maximum Gasteiger partial charge on any atom is 0.319 e. The van der Waals surface area contributed by atoms with E-state index >= 15 is 4.39 Å². The van der Waals surface area contributed by atoms with Crippen molar-refractivity contribution >= 4 is 33.4 Å². The zero-order valence-corrected chi connectivity index (χ0v) is 23.0. The van der Waals surface area contributed by atoms with Gasteiger partial charge >= 0.3 is 6.01 Å². The predicted molar refractivity (Wildman–Crippen MR) is 158 cm³/mol. The lowest BCUT2D eigenvalue weighted by Gasteiger charge is -2.35. The van der Waals surface area contributed by atoms with Crippen LogP contribution in [0.1, 0.15) is 18.4 Å². The molecule has 0 aliphatic carbocycles. The summed E-state index contributed by atoms with van der Waals surface area (Å²) in [5.41, 5.74) is 1.56. The number of likely N-dealkylation sites (tertiary alicyclic amines) is 1. The van der Waals surface area contributed by atoms with Gasteiger partial charge in [0.25, 0.3) is 0 Å². The summed E-state index contributed by atoms with van der Waals surface area (Å²) in [6, 6.07) is 11.7. The zero-order chi connectivity index (χ0) is 28.5. The number of ether oxygens (including phenoxy) is 1. The molecule has 4 heterocycles. The number of halogens is 1. The number of carbonyl (C=O) groups excluding carboxylic acids is 1. The van der Waals surface area contributed by atoms with Crippen LogP contribution in [0.2, 0.25) is 0 Å². The number of likely N-dealkylation sites (N-methyl/N-ethyl adjacent to an activating group) is 1. The van der Waals surface area contributed by atoms with Crippen LogP contribution in [0.3, 0.4) is 0 Å². The van der Waals surface area contributed by atoms with Crippen molar-refractivity contribution in [3.8, 4) is 29.6 Å². The van der Waals surface area contributed by atoms with Crippen molar-refractivity contribution in [2.75, 3.05) is 51.3 Å². The summed E-state index contributed by atoms with van der Waals surface area (Å²) >= 11 is 0. The van der Waals surface area contributed by atoms with Crippen LogP contribution < -0.4 is 9.64 Å². The van der Waals surface area contributed by atoms with Crippen molar-refractivity contribution in [3.63, 3.8) is 0 Å². The van der Waals surface area contributed by atoms with Gasteiger partial charge in [-0.05, 0) is 44.0 Å². The van der Waals surface area contributed by atoms with Gasteiger partial charge in [0.2, 0.25) is 5.91 Å². The van der Waals surface area contributed by atoms with Gasteiger partial charge in [0.1, 0.15) is 23.6 Å². The van der Waals surface area contributed by atoms with Gasteiger partial charge in [-0.15, -0.1) is 6.42 Å². The molecule has 8 nitrogen and oxygen atoms in total. The fraction of sp³-hybridized carbons (Fsp3) is 0.312. The summed E-state index contributed by atoms with van der Waals surface area (Å²) in [7, 11) is 2.07. The van der Waals surface area contributed by atoms with Crippen molar-refractivity contribution in [2.24, 2.45) is 0 Å². The maximum atomic E-state index is 16.5. The molecule has 0 unspecified atom stereocenters. The summed E-state index contributed by atoms with van der Waals surface area (Å²) in [6.45, 7) is 7.06. The van der Waals surface area contributed by atoms with E-state index in [4.69, 9.17) is 16.1 Å². The fourth-order valence-electron chi connectivity index (χ4n) is 5.80. The molecular formula is C32H31FN6O2. The van der Waals surface area contributed by atoms with Crippen molar-refractivity contribution < 1.29 is 13.9 Å². The van der Waals surface area contributed by atoms with E-state index in [2.05, 4.69) is 34.4 Å². The SMILES string of the molecule is C#Cc1cccc2cccc(-c3ncc4c(N5CCN(C(=O)C=C)CC5)nc(OC[C@@H]5CCCN5C)nc4c3F)c12. The summed E-state index contributed by atoms with van der Waals surface area (Å²) < 4.78 is 22.6. The molecule has 1 atom stereocenters. The second-order valence-electron chi connectivity index (χ2n) is 10.5. The number of piperazine rings is 1. The average molecular weight is 551 g/mol. The highest BCUT2D eigenvalue weighted by atomic mass is 19.1. The number of anilines is 1. The van der Waals surface area contributed by atoms with Gasteiger partial charge in [-0.25, -0.2) is 4.39 Å². The number of amides is 1. The van der Waals surface area contributed by atoms with Gasteiger partial charge in [0.15, 0.2) is 5.82 Å². The first-order chi connectivity index (χ1) is 20.0. The van der Waals surface area contributed by atoms with Gasteiger partial charge in [-0.3, -0.25) is 9.78 Å². The fourth-order valence-corrected chi connectivity index (χ4v) is 5.80. The van der Waals surface area contributed by atoms with Crippen LogP contribution in [0.4, 0.5) is 10.2 Å². The summed E-state index contributed by atoms with van der Waals surface area (Å²) in [6.07, 6.45) is 10.9. The largest absolute Gasteiger partial charge is 0.462 e. The number of rotatable bonds is 6. The van der Waals surface area contributed by atoms with E-state index in [0.717, 1.165) is 30.2 Å². The van der Waals surface area contributed by atoms with Crippen LogP contribution >= 0.6 is 0 Å². The van der Waals surface area contributed by atoms with E-state index in [-0.39, 0.29) is 29.2 Å². The minimum absolute atomic E-state index is 0.110. The highest BCUT2D eigenvalue weighted by Gasteiger charge is 2.27. The smallest absolute Gasteiger partial charge is 0.319 e. The third kappa shape index (κ3) is 4.96. The van der Waals surface area contributed by atoms with Crippen molar-refractivity contribution in [1.29, 1.82) is 0 Å². The Hall–Kier alpha value is -4.55. The molecule has 0 N–H and O–H groups in total. The van der Waals surface area contributed by atoms with Gasteiger partial charge in [-0.2, -0.15) is 9.97 Å². The van der Waals surface area contributed by atoms with Crippen molar-refractivity contribution in [2.45, 2.75) is 18.9 Å².